The third-order valence-electron chi connectivity index (χ3n) is 6.25. The van der Waals surface area contributed by atoms with Gasteiger partial charge in [-0.25, -0.2) is 9.97 Å². The number of benzene rings is 1. The molecule has 0 amide bonds. The molecule has 0 bridgehead atoms. The number of fused-ring (bicyclic) bond motifs is 1. The summed E-state index contributed by atoms with van der Waals surface area (Å²) in [5, 5.41) is 8.88. The summed E-state index contributed by atoms with van der Waals surface area (Å²) in [6.45, 7) is 3.31. The Morgan fingerprint density at radius 1 is 1.17 bits per heavy atom. The van der Waals surface area contributed by atoms with E-state index in [0.29, 0.717) is 11.9 Å². The lowest BCUT2D eigenvalue weighted by molar-refractivity contribution is -0.159. The summed E-state index contributed by atoms with van der Waals surface area (Å²) < 4.78 is 44.3. The second kappa shape index (κ2) is 9.46. The van der Waals surface area contributed by atoms with Crippen LogP contribution in [0.1, 0.15) is 24.3 Å². The molecule has 8 nitrogen and oxygen atoms in total. The molecule has 184 valence electrons. The molecule has 4 aromatic rings. The highest BCUT2D eigenvalue weighted by Crippen LogP contribution is 2.29. The molecule has 3 aromatic heterocycles. The van der Waals surface area contributed by atoms with Gasteiger partial charge in [-0.1, -0.05) is 22.8 Å². The quantitative estimate of drug-likeness (QED) is 0.406. The first-order valence-electron chi connectivity index (χ1n) is 11.2. The van der Waals surface area contributed by atoms with Crippen LogP contribution in [0.15, 0.2) is 41.3 Å². The van der Waals surface area contributed by atoms with Crippen LogP contribution < -0.4 is 10.2 Å². The molecule has 0 spiro atoms. The number of hydrogen-bond donors (Lipinski definition) is 1. The summed E-state index contributed by atoms with van der Waals surface area (Å²) in [7, 11) is 2.02. The number of alkyl halides is 3. The molecule has 1 fully saturated rings. The second-order valence-corrected chi connectivity index (χ2v) is 9.12. The molecule has 1 aromatic carbocycles. The van der Waals surface area contributed by atoms with Crippen molar-refractivity contribution in [3.63, 3.8) is 0 Å². The van der Waals surface area contributed by atoms with E-state index in [1.54, 1.807) is 0 Å². The van der Waals surface area contributed by atoms with E-state index in [4.69, 9.17) is 11.6 Å². The Hall–Kier alpha value is -3.18. The molecule has 1 saturated heterocycles. The summed E-state index contributed by atoms with van der Waals surface area (Å²) in [6.07, 6.45) is 2.26. The fourth-order valence-electron chi connectivity index (χ4n) is 4.39. The van der Waals surface area contributed by atoms with Crippen LogP contribution in [-0.4, -0.2) is 44.3 Å². The molecule has 1 aliphatic rings. The average Bonchev–Trinajstić information content (AvgIpc) is 3.45. The highest BCUT2D eigenvalue weighted by molar-refractivity contribution is 6.31. The highest BCUT2D eigenvalue weighted by Gasteiger charge is 2.38. The van der Waals surface area contributed by atoms with Crippen molar-refractivity contribution >= 4 is 28.5 Å². The van der Waals surface area contributed by atoms with Gasteiger partial charge in [0.2, 0.25) is 11.8 Å². The largest absolute Gasteiger partial charge is 0.471 e. The lowest BCUT2D eigenvalue weighted by atomic mass is 9.97. The molecule has 35 heavy (non-hydrogen) atoms. The van der Waals surface area contributed by atoms with Gasteiger partial charge in [0.15, 0.2) is 0 Å². The molecule has 1 aliphatic heterocycles. The Morgan fingerprint density at radius 3 is 2.60 bits per heavy atom. The van der Waals surface area contributed by atoms with Gasteiger partial charge in [0.05, 0.1) is 5.56 Å². The van der Waals surface area contributed by atoms with Crippen molar-refractivity contribution in [2.24, 2.45) is 13.0 Å². The molecule has 0 unspecified atom stereocenters. The molecule has 4 heterocycles. The van der Waals surface area contributed by atoms with Crippen molar-refractivity contribution < 1.29 is 17.7 Å². The molecule has 0 atom stereocenters. The zero-order valence-corrected chi connectivity index (χ0v) is 19.6. The third-order valence-corrected chi connectivity index (χ3v) is 6.48. The standard InChI is InChI=1S/C23H23ClF3N7O/c1-33-13-16(18-3-2-17(24)8-19(18)33)10-28-9-14-4-6-34(7-5-14)22-29-11-15(12-30-22)20-31-21(35-32-20)23(25,26)27/h2-3,8,11-14,28H,4-7,9-10H2,1H3. The summed E-state index contributed by atoms with van der Waals surface area (Å²) in [5.74, 6) is -0.510. The number of nitrogens with one attached hydrogen (secondary N) is 1. The van der Waals surface area contributed by atoms with Gasteiger partial charge in [0, 0.05) is 61.2 Å². The summed E-state index contributed by atoms with van der Waals surface area (Å²) in [5.41, 5.74) is 2.63. The smallest absolute Gasteiger partial charge is 0.350 e. The van der Waals surface area contributed by atoms with Crippen LogP contribution >= 0.6 is 11.6 Å². The van der Waals surface area contributed by atoms with Crippen LogP contribution in [0.4, 0.5) is 19.1 Å². The van der Waals surface area contributed by atoms with E-state index in [2.05, 4.69) is 51.7 Å². The van der Waals surface area contributed by atoms with E-state index in [9.17, 15) is 13.2 Å². The molecule has 0 radical (unpaired) electrons. The zero-order chi connectivity index (χ0) is 24.6. The van der Waals surface area contributed by atoms with E-state index in [0.717, 1.165) is 49.6 Å². The van der Waals surface area contributed by atoms with E-state index in [-0.39, 0.29) is 11.4 Å². The second-order valence-electron chi connectivity index (χ2n) is 8.68. The van der Waals surface area contributed by atoms with Gasteiger partial charge in [0.25, 0.3) is 0 Å². The monoisotopic (exact) mass is 505 g/mol. The number of anilines is 1. The van der Waals surface area contributed by atoms with Gasteiger partial charge in [0.1, 0.15) is 0 Å². The molecule has 5 rings (SSSR count). The van der Waals surface area contributed by atoms with Crippen molar-refractivity contribution in [2.75, 3.05) is 24.5 Å². The van der Waals surface area contributed by atoms with Gasteiger partial charge in [-0.05, 0) is 43.0 Å². The van der Waals surface area contributed by atoms with Crippen molar-refractivity contribution in [1.82, 2.24) is 30.0 Å². The van der Waals surface area contributed by atoms with Gasteiger partial charge in [-0.2, -0.15) is 18.2 Å². The van der Waals surface area contributed by atoms with Crippen molar-refractivity contribution in [1.29, 1.82) is 0 Å². The average molecular weight is 506 g/mol. The van der Waals surface area contributed by atoms with E-state index < -0.39 is 12.1 Å². The van der Waals surface area contributed by atoms with Crippen molar-refractivity contribution in [2.45, 2.75) is 25.6 Å². The maximum Gasteiger partial charge on any atom is 0.471 e. The van der Waals surface area contributed by atoms with Crippen molar-refractivity contribution in [3.8, 4) is 11.4 Å². The predicted molar refractivity (Wildman–Crippen MR) is 125 cm³/mol. The molecule has 12 heteroatoms. The maximum atomic E-state index is 12.7. The number of aryl methyl sites for hydroxylation is 1. The number of aromatic nitrogens is 5. The fourth-order valence-corrected chi connectivity index (χ4v) is 4.55. The lowest BCUT2D eigenvalue weighted by Crippen LogP contribution is -2.38. The summed E-state index contributed by atoms with van der Waals surface area (Å²) in [6, 6.07) is 5.96. The van der Waals surface area contributed by atoms with E-state index in [1.807, 2.05) is 19.2 Å². The Kier molecular flexibility index (Phi) is 6.37. The van der Waals surface area contributed by atoms with Crippen LogP contribution in [0.3, 0.4) is 0 Å². The summed E-state index contributed by atoms with van der Waals surface area (Å²) in [4.78, 5) is 14.0. The summed E-state index contributed by atoms with van der Waals surface area (Å²) >= 11 is 6.12. The Bertz CT molecular complexity index is 1310. The molecular formula is C23H23ClF3N7O. The minimum Gasteiger partial charge on any atom is -0.350 e. The number of rotatable bonds is 6. The van der Waals surface area contributed by atoms with Crippen LogP contribution in [0.25, 0.3) is 22.3 Å². The van der Waals surface area contributed by atoms with Gasteiger partial charge in [-0.3, -0.25) is 0 Å². The van der Waals surface area contributed by atoms with Gasteiger partial charge >= 0.3 is 12.1 Å². The van der Waals surface area contributed by atoms with E-state index in [1.165, 1.54) is 23.3 Å². The molecule has 0 aliphatic carbocycles. The number of hydrogen-bond acceptors (Lipinski definition) is 7. The third kappa shape index (κ3) is 5.10. The lowest BCUT2D eigenvalue weighted by Gasteiger charge is -2.32. The first-order valence-corrected chi connectivity index (χ1v) is 11.6. The Labute approximate surface area is 204 Å². The highest BCUT2D eigenvalue weighted by atomic mass is 35.5. The molecule has 0 saturated carbocycles. The predicted octanol–water partition coefficient (Wildman–Crippen LogP) is 4.70. The van der Waals surface area contributed by atoms with Crippen molar-refractivity contribution in [3.05, 3.63) is 53.3 Å². The zero-order valence-electron chi connectivity index (χ0n) is 18.9. The number of halogens is 4. The fraction of sp³-hybridized carbons (Fsp3) is 0.391. The minimum absolute atomic E-state index is 0.192. The molecular weight excluding hydrogens is 483 g/mol. The van der Waals surface area contributed by atoms with Gasteiger partial charge < -0.3 is 19.3 Å². The normalized spacial score (nSPS) is 15.3. The first kappa shape index (κ1) is 23.6. The number of piperidine rings is 1. The van der Waals surface area contributed by atoms with E-state index >= 15 is 0 Å². The SMILES string of the molecule is Cn1cc(CNCC2CCN(c3ncc(-c4noc(C(F)(F)F)n4)cn3)CC2)c2ccc(Cl)cc21. The van der Waals surface area contributed by atoms with Crippen LogP contribution in [-0.2, 0) is 19.8 Å². The van der Waals surface area contributed by atoms with Gasteiger partial charge in [-0.15, -0.1) is 0 Å². The molecule has 1 N–H and O–H groups in total. The Balaban J connectivity index is 1.12. The minimum atomic E-state index is -4.69. The van der Waals surface area contributed by atoms with Crippen LogP contribution in [0, 0.1) is 5.92 Å². The first-order chi connectivity index (χ1) is 16.8. The Morgan fingerprint density at radius 2 is 1.91 bits per heavy atom. The van der Waals surface area contributed by atoms with Crippen LogP contribution in [0.5, 0.6) is 0 Å². The van der Waals surface area contributed by atoms with Crippen LogP contribution in [0.2, 0.25) is 5.02 Å². The topological polar surface area (TPSA) is 84.9 Å². The maximum absolute atomic E-state index is 12.7. The number of nitrogens with zero attached hydrogens (tertiary/aromatic N) is 6.